The molecule has 0 saturated heterocycles. The van der Waals surface area contributed by atoms with Crippen LogP contribution < -0.4 is 0 Å². The summed E-state index contributed by atoms with van der Waals surface area (Å²) in [6.07, 6.45) is 2.13. The molecule has 1 nitrogen and oxygen atoms in total. The van der Waals surface area contributed by atoms with Crippen LogP contribution in [0.4, 0.5) is 0 Å². The van der Waals surface area contributed by atoms with Gasteiger partial charge < -0.3 is 5.11 Å². The average Bonchev–Trinajstić information content (AvgIpc) is 1.81. The van der Waals surface area contributed by atoms with Crippen molar-refractivity contribution in [2.45, 2.75) is 27.7 Å². The maximum Gasteiger partial charge on any atom is 0.0496 e. The lowest BCUT2D eigenvalue weighted by Gasteiger charge is -2.13. The fourth-order valence-electron chi connectivity index (χ4n) is 0.884. The van der Waals surface area contributed by atoms with Gasteiger partial charge in [0.15, 0.2) is 0 Å². The lowest BCUT2D eigenvalue weighted by molar-refractivity contribution is 0.221. The van der Waals surface area contributed by atoms with Crippen molar-refractivity contribution in [3.63, 3.8) is 0 Å². The summed E-state index contributed by atoms with van der Waals surface area (Å²) in [5.41, 5.74) is 1.28. The second-order valence-corrected chi connectivity index (χ2v) is 3.33. The number of allylic oxidation sites excluding steroid dienone is 1. The normalized spacial score (nSPS) is 13.4. The van der Waals surface area contributed by atoms with Crippen LogP contribution in [-0.2, 0) is 0 Å². The Morgan fingerprint density at radius 3 is 2.00 bits per heavy atom. The molecule has 0 aliphatic rings. The second kappa shape index (κ2) is 4.51. The maximum atomic E-state index is 8.90. The van der Waals surface area contributed by atoms with Crippen molar-refractivity contribution in [2.24, 2.45) is 11.8 Å². The lowest BCUT2D eigenvalue weighted by atomic mass is 9.95. The molecule has 0 aromatic carbocycles. The SMILES string of the molecule is CC(C)=C[C@H](CO)C(C)C. The molecule has 0 fully saturated rings. The van der Waals surface area contributed by atoms with Gasteiger partial charge in [-0.1, -0.05) is 25.5 Å². The standard InChI is InChI=1S/C9H18O/c1-7(2)5-9(6-10)8(3)4/h5,8-10H,6H2,1-4H3/t9-/m1/s1. The molecule has 0 unspecified atom stereocenters. The summed E-state index contributed by atoms with van der Waals surface area (Å²) < 4.78 is 0. The molecule has 1 N–H and O–H groups in total. The predicted octanol–water partition coefficient (Wildman–Crippen LogP) is 2.22. The molecular formula is C9H18O. The van der Waals surface area contributed by atoms with Crippen molar-refractivity contribution in [1.82, 2.24) is 0 Å². The Labute approximate surface area is 63.8 Å². The first-order chi connectivity index (χ1) is 4.57. The molecule has 0 rings (SSSR count). The summed E-state index contributed by atoms with van der Waals surface area (Å²) in [7, 11) is 0. The third-order valence-electron chi connectivity index (χ3n) is 1.61. The highest BCUT2D eigenvalue weighted by atomic mass is 16.3. The van der Waals surface area contributed by atoms with Crippen molar-refractivity contribution >= 4 is 0 Å². The molecule has 0 aromatic heterocycles. The van der Waals surface area contributed by atoms with Crippen LogP contribution in [0.2, 0.25) is 0 Å². The average molecular weight is 142 g/mol. The van der Waals surface area contributed by atoms with Gasteiger partial charge in [-0.15, -0.1) is 0 Å². The van der Waals surface area contributed by atoms with E-state index in [4.69, 9.17) is 5.11 Å². The summed E-state index contributed by atoms with van der Waals surface area (Å²) in [5.74, 6) is 0.880. The van der Waals surface area contributed by atoms with Gasteiger partial charge in [0.25, 0.3) is 0 Å². The third kappa shape index (κ3) is 3.67. The van der Waals surface area contributed by atoms with Gasteiger partial charge in [0.1, 0.15) is 0 Å². The topological polar surface area (TPSA) is 20.2 Å². The number of aliphatic hydroxyl groups excluding tert-OH is 1. The Balaban J connectivity index is 3.96. The van der Waals surface area contributed by atoms with E-state index in [1.807, 2.05) is 0 Å². The van der Waals surface area contributed by atoms with E-state index >= 15 is 0 Å². The second-order valence-electron chi connectivity index (χ2n) is 3.33. The van der Waals surface area contributed by atoms with Crippen molar-refractivity contribution in [3.8, 4) is 0 Å². The van der Waals surface area contributed by atoms with Gasteiger partial charge in [-0.25, -0.2) is 0 Å². The highest BCUT2D eigenvalue weighted by Gasteiger charge is 2.07. The molecule has 0 amide bonds. The molecule has 0 aliphatic heterocycles. The Bertz CT molecular complexity index is 110. The molecule has 0 aromatic rings. The van der Waals surface area contributed by atoms with Crippen LogP contribution in [0.5, 0.6) is 0 Å². The number of aliphatic hydroxyl groups is 1. The molecule has 60 valence electrons. The molecule has 0 saturated carbocycles. The first-order valence-corrected chi connectivity index (χ1v) is 3.83. The Morgan fingerprint density at radius 2 is 1.90 bits per heavy atom. The summed E-state index contributed by atoms with van der Waals surface area (Å²) in [6, 6.07) is 0. The molecule has 10 heavy (non-hydrogen) atoms. The van der Waals surface area contributed by atoms with Gasteiger partial charge in [0.2, 0.25) is 0 Å². The summed E-state index contributed by atoms with van der Waals surface area (Å²) in [4.78, 5) is 0. The van der Waals surface area contributed by atoms with Crippen molar-refractivity contribution in [1.29, 1.82) is 0 Å². The zero-order chi connectivity index (χ0) is 8.15. The fourth-order valence-corrected chi connectivity index (χ4v) is 0.884. The van der Waals surface area contributed by atoms with Gasteiger partial charge in [0.05, 0.1) is 0 Å². The Hall–Kier alpha value is -0.300. The molecule has 1 heteroatoms. The van der Waals surface area contributed by atoms with Crippen LogP contribution in [0.3, 0.4) is 0 Å². The fraction of sp³-hybridized carbons (Fsp3) is 0.778. The minimum absolute atomic E-state index is 0.267. The van der Waals surface area contributed by atoms with E-state index in [0.717, 1.165) is 0 Å². The minimum atomic E-state index is 0.267. The van der Waals surface area contributed by atoms with Gasteiger partial charge in [-0.3, -0.25) is 0 Å². The van der Waals surface area contributed by atoms with Crippen LogP contribution in [0.1, 0.15) is 27.7 Å². The van der Waals surface area contributed by atoms with Gasteiger partial charge in [0, 0.05) is 12.5 Å². The van der Waals surface area contributed by atoms with Crippen LogP contribution in [0.25, 0.3) is 0 Å². The van der Waals surface area contributed by atoms with Crippen molar-refractivity contribution in [2.75, 3.05) is 6.61 Å². The predicted molar refractivity (Wildman–Crippen MR) is 44.8 cm³/mol. The van der Waals surface area contributed by atoms with Gasteiger partial charge in [-0.05, 0) is 19.8 Å². The zero-order valence-corrected chi connectivity index (χ0v) is 7.39. The van der Waals surface area contributed by atoms with E-state index < -0.39 is 0 Å². The first-order valence-electron chi connectivity index (χ1n) is 3.83. The maximum absolute atomic E-state index is 8.90. The Kier molecular flexibility index (Phi) is 4.37. The van der Waals surface area contributed by atoms with E-state index in [1.54, 1.807) is 0 Å². The van der Waals surface area contributed by atoms with E-state index in [2.05, 4.69) is 33.8 Å². The number of hydrogen-bond donors (Lipinski definition) is 1. The molecule has 0 heterocycles. The molecule has 0 spiro atoms. The highest BCUT2D eigenvalue weighted by Crippen LogP contribution is 2.13. The van der Waals surface area contributed by atoms with Gasteiger partial charge in [-0.2, -0.15) is 0 Å². The van der Waals surface area contributed by atoms with Gasteiger partial charge >= 0.3 is 0 Å². The summed E-state index contributed by atoms with van der Waals surface area (Å²) in [5, 5.41) is 8.90. The minimum Gasteiger partial charge on any atom is -0.396 e. The smallest absolute Gasteiger partial charge is 0.0496 e. The van der Waals surface area contributed by atoms with E-state index in [0.29, 0.717) is 11.8 Å². The first kappa shape index (κ1) is 9.70. The monoisotopic (exact) mass is 142 g/mol. The quantitative estimate of drug-likeness (QED) is 0.599. The highest BCUT2D eigenvalue weighted by molar-refractivity contribution is 4.98. The third-order valence-corrected chi connectivity index (χ3v) is 1.61. The van der Waals surface area contributed by atoms with Crippen LogP contribution in [0, 0.1) is 11.8 Å². The van der Waals surface area contributed by atoms with Crippen LogP contribution >= 0.6 is 0 Å². The lowest BCUT2D eigenvalue weighted by Crippen LogP contribution is -2.10. The van der Waals surface area contributed by atoms with E-state index in [9.17, 15) is 0 Å². The van der Waals surface area contributed by atoms with Crippen molar-refractivity contribution in [3.05, 3.63) is 11.6 Å². The van der Waals surface area contributed by atoms with E-state index in [1.165, 1.54) is 5.57 Å². The molecule has 1 atom stereocenters. The summed E-state index contributed by atoms with van der Waals surface area (Å²) in [6.45, 7) is 8.64. The Morgan fingerprint density at radius 1 is 1.40 bits per heavy atom. The largest absolute Gasteiger partial charge is 0.396 e. The van der Waals surface area contributed by atoms with Crippen LogP contribution in [0.15, 0.2) is 11.6 Å². The molecular weight excluding hydrogens is 124 g/mol. The number of rotatable bonds is 3. The molecule has 0 bridgehead atoms. The van der Waals surface area contributed by atoms with E-state index in [-0.39, 0.29) is 6.61 Å². The molecule has 0 aliphatic carbocycles. The number of hydrogen-bond acceptors (Lipinski definition) is 1. The van der Waals surface area contributed by atoms with Crippen LogP contribution in [-0.4, -0.2) is 11.7 Å². The molecule has 0 radical (unpaired) electrons. The summed E-state index contributed by atoms with van der Waals surface area (Å²) >= 11 is 0. The van der Waals surface area contributed by atoms with Crippen molar-refractivity contribution < 1.29 is 5.11 Å². The zero-order valence-electron chi connectivity index (χ0n) is 7.39.